The Kier molecular flexibility index (Phi) is 6.83. The van der Waals surface area contributed by atoms with Crippen molar-refractivity contribution in [1.29, 1.82) is 0 Å². The molecule has 4 nitrogen and oxygen atoms in total. The number of benzene rings is 1. The third kappa shape index (κ3) is 5.36. The van der Waals surface area contributed by atoms with Gasteiger partial charge in [-0.25, -0.2) is 0 Å². The zero-order chi connectivity index (χ0) is 17.4. The molecule has 0 aliphatic heterocycles. The molecule has 0 unspecified atom stereocenters. The zero-order valence-electron chi connectivity index (χ0n) is 14.9. The number of hydrogen-bond donors (Lipinski definition) is 1. The van der Waals surface area contributed by atoms with E-state index in [1.54, 1.807) is 38.3 Å². The normalized spacial score (nSPS) is 15.9. The molecule has 132 valence electrons. The second-order valence-corrected chi connectivity index (χ2v) is 7.00. The Hall–Kier alpha value is -1.84. The fraction of sp³-hybridized carbons (Fsp3) is 0.600. The van der Waals surface area contributed by atoms with Crippen molar-refractivity contribution in [2.24, 2.45) is 5.41 Å². The summed E-state index contributed by atoms with van der Waals surface area (Å²) >= 11 is 0. The molecule has 1 saturated carbocycles. The molecule has 0 radical (unpaired) electrons. The fourth-order valence-corrected chi connectivity index (χ4v) is 3.70. The first-order valence-corrected chi connectivity index (χ1v) is 8.96. The highest BCUT2D eigenvalue weighted by Crippen LogP contribution is 2.45. The number of nitrogens with one attached hydrogen (secondary N) is 1. The quantitative estimate of drug-likeness (QED) is 0.692. The first kappa shape index (κ1) is 18.5. The summed E-state index contributed by atoms with van der Waals surface area (Å²) in [6.07, 6.45) is 8.78. The van der Waals surface area contributed by atoms with Crippen LogP contribution in [-0.2, 0) is 4.79 Å². The molecule has 1 aliphatic rings. The van der Waals surface area contributed by atoms with Gasteiger partial charge in [-0.1, -0.05) is 12.8 Å². The van der Waals surface area contributed by atoms with Crippen LogP contribution >= 0.6 is 0 Å². The van der Waals surface area contributed by atoms with E-state index in [1.165, 1.54) is 25.7 Å². The molecule has 1 fully saturated rings. The molecule has 1 amide bonds. The van der Waals surface area contributed by atoms with Gasteiger partial charge in [-0.2, -0.15) is 0 Å². The SMILES string of the molecule is COc1ccc(C(=O)NCCCC2(CCC(C)=O)CCCC2)cc1. The molecule has 24 heavy (non-hydrogen) atoms. The van der Waals surface area contributed by atoms with E-state index in [2.05, 4.69) is 5.32 Å². The Balaban J connectivity index is 1.75. The lowest BCUT2D eigenvalue weighted by molar-refractivity contribution is -0.117. The summed E-state index contributed by atoms with van der Waals surface area (Å²) in [7, 11) is 1.61. The summed E-state index contributed by atoms with van der Waals surface area (Å²) in [6.45, 7) is 2.37. The Morgan fingerprint density at radius 2 is 1.79 bits per heavy atom. The number of ether oxygens (including phenoxy) is 1. The maximum Gasteiger partial charge on any atom is 0.251 e. The number of hydrogen-bond acceptors (Lipinski definition) is 3. The van der Waals surface area contributed by atoms with E-state index < -0.39 is 0 Å². The molecule has 0 bridgehead atoms. The summed E-state index contributed by atoms with van der Waals surface area (Å²) in [5, 5.41) is 3.00. The molecule has 0 atom stereocenters. The van der Waals surface area contributed by atoms with E-state index in [-0.39, 0.29) is 11.7 Å². The van der Waals surface area contributed by atoms with Gasteiger partial charge in [0, 0.05) is 18.5 Å². The van der Waals surface area contributed by atoms with Crippen LogP contribution < -0.4 is 10.1 Å². The lowest BCUT2D eigenvalue weighted by Gasteiger charge is -2.28. The molecule has 0 spiro atoms. The van der Waals surface area contributed by atoms with Crippen molar-refractivity contribution in [2.75, 3.05) is 13.7 Å². The molecule has 2 rings (SSSR count). The van der Waals surface area contributed by atoms with E-state index in [1.807, 2.05) is 0 Å². The average Bonchev–Trinajstić information content (AvgIpc) is 3.06. The van der Waals surface area contributed by atoms with Gasteiger partial charge in [0.05, 0.1) is 7.11 Å². The largest absolute Gasteiger partial charge is 0.497 e. The monoisotopic (exact) mass is 331 g/mol. The minimum absolute atomic E-state index is 0.0399. The van der Waals surface area contributed by atoms with Crippen LogP contribution in [0.3, 0.4) is 0 Å². The molecule has 4 heteroatoms. The average molecular weight is 331 g/mol. The van der Waals surface area contributed by atoms with Crippen LogP contribution in [0.4, 0.5) is 0 Å². The Morgan fingerprint density at radius 1 is 1.12 bits per heavy atom. The van der Waals surface area contributed by atoms with Crippen LogP contribution in [0, 0.1) is 5.41 Å². The summed E-state index contributed by atoms with van der Waals surface area (Å²) in [5.41, 5.74) is 0.985. The topological polar surface area (TPSA) is 55.4 Å². The number of carbonyl (C=O) groups is 2. The zero-order valence-corrected chi connectivity index (χ0v) is 14.9. The third-order valence-corrected chi connectivity index (χ3v) is 5.19. The highest BCUT2D eigenvalue weighted by atomic mass is 16.5. The summed E-state index contributed by atoms with van der Waals surface area (Å²) in [6, 6.07) is 7.15. The molecule has 1 aliphatic carbocycles. The highest BCUT2D eigenvalue weighted by molar-refractivity contribution is 5.94. The summed E-state index contributed by atoms with van der Waals surface area (Å²) in [5.74, 6) is 0.996. The lowest BCUT2D eigenvalue weighted by Crippen LogP contribution is -2.26. The molecule has 1 aromatic rings. The first-order valence-electron chi connectivity index (χ1n) is 8.96. The summed E-state index contributed by atoms with van der Waals surface area (Å²) < 4.78 is 5.10. The van der Waals surface area contributed by atoms with Crippen LogP contribution in [0.25, 0.3) is 0 Å². The van der Waals surface area contributed by atoms with Gasteiger partial charge < -0.3 is 14.8 Å². The van der Waals surface area contributed by atoms with Crippen LogP contribution in [0.1, 0.15) is 68.6 Å². The Bertz CT molecular complexity index is 545. The number of methoxy groups -OCH3 is 1. The van der Waals surface area contributed by atoms with Crippen molar-refractivity contribution in [3.8, 4) is 5.75 Å². The van der Waals surface area contributed by atoms with Crippen molar-refractivity contribution in [2.45, 2.75) is 58.3 Å². The molecule has 1 aromatic carbocycles. The highest BCUT2D eigenvalue weighted by Gasteiger charge is 2.32. The smallest absolute Gasteiger partial charge is 0.251 e. The number of Topliss-reactive ketones (excluding diaryl/α,β-unsaturated/α-hetero) is 1. The molecule has 0 heterocycles. The van der Waals surface area contributed by atoms with Crippen LogP contribution in [-0.4, -0.2) is 25.3 Å². The van der Waals surface area contributed by atoms with Crippen molar-refractivity contribution in [1.82, 2.24) is 5.32 Å². The van der Waals surface area contributed by atoms with Crippen LogP contribution in [0.15, 0.2) is 24.3 Å². The molecular weight excluding hydrogens is 302 g/mol. The van der Waals surface area contributed by atoms with Gasteiger partial charge in [-0.05, 0) is 68.7 Å². The van der Waals surface area contributed by atoms with Crippen molar-refractivity contribution in [3.05, 3.63) is 29.8 Å². The van der Waals surface area contributed by atoms with Crippen molar-refractivity contribution in [3.63, 3.8) is 0 Å². The summed E-state index contributed by atoms with van der Waals surface area (Å²) in [4.78, 5) is 23.4. The molecule has 1 N–H and O–H groups in total. The van der Waals surface area contributed by atoms with E-state index in [4.69, 9.17) is 4.74 Å². The van der Waals surface area contributed by atoms with E-state index in [0.29, 0.717) is 23.9 Å². The van der Waals surface area contributed by atoms with Crippen molar-refractivity contribution >= 4 is 11.7 Å². The van der Waals surface area contributed by atoms with Gasteiger partial charge in [-0.3, -0.25) is 4.79 Å². The maximum atomic E-state index is 12.1. The van der Waals surface area contributed by atoms with Gasteiger partial charge in [0.2, 0.25) is 0 Å². The minimum atomic E-state index is -0.0399. The fourth-order valence-electron chi connectivity index (χ4n) is 3.70. The van der Waals surface area contributed by atoms with Gasteiger partial charge in [-0.15, -0.1) is 0 Å². The van der Waals surface area contributed by atoms with Crippen LogP contribution in [0.5, 0.6) is 5.75 Å². The predicted octanol–water partition coefficient (Wildman–Crippen LogP) is 4.13. The first-order chi connectivity index (χ1) is 11.5. The van der Waals surface area contributed by atoms with Crippen molar-refractivity contribution < 1.29 is 14.3 Å². The molecular formula is C20H29NO3. The van der Waals surface area contributed by atoms with Gasteiger partial charge in [0.1, 0.15) is 11.5 Å². The second-order valence-electron chi connectivity index (χ2n) is 7.00. The molecule has 0 aromatic heterocycles. The third-order valence-electron chi connectivity index (χ3n) is 5.19. The molecule has 0 saturated heterocycles. The number of amides is 1. The van der Waals surface area contributed by atoms with Gasteiger partial charge >= 0.3 is 0 Å². The number of rotatable bonds is 9. The van der Waals surface area contributed by atoms with Gasteiger partial charge in [0.25, 0.3) is 5.91 Å². The number of carbonyl (C=O) groups excluding carboxylic acids is 2. The number of ketones is 1. The van der Waals surface area contributed by atoms with E-state index in [0.717, 1.165) is 25.0 Å². The van der Waals surface area contributed by atoms with Gasteiger partial charge in [0.15, 0.2) is 0 Å². The Labute approximate surface area is 145 Å². The second kappa shape index (κ2) is 8.86. The maximum absolute atomic E-state index is 12.1. The standard InChI is InChI=1S/C20H29NO3/c1-16(22)10-14-20(11-3-4-12-20)13-5-15-21-19(23)17-6-8-18(24-2)9-7-17/h6-9H,3-5,10-15H2,1-2H3,(H,21,23). The van der Waals surface area contributed by atoms with E-state index >= 15 is 0 Å². The minimum Gasteiger partial charge on any atom is -0.497 e. The Morgan fingerprint density at radius 3 is 2.38 bits per heavy atom. The lowest BCUT2D eigenvalue weighted by atomic mass is 9.77. The van der Waals surface area contributed by atoms with E-state index in [9.17, 15) is 9.59 Å². The van der Waals surface area contributed by atoms with Crippen LogP contribution in [0.2, 0.25) is 0 Å². The predicted molar refractivity (Wildman–Crippen MR) is 95.4 cm³/mol.